The molecule has 1 heterocycles. The van der Waals surface area contributed by atoms with Gasteiger partial charge in [-0.25, -0.2) is 8.42 Å². The Hall–Kier alpha value is -1.01. The predicted molar refractivity (Wildman–Crippen MR) is 88.9 cm³/mol. The van der Waals surface area contributed by atoms with E-state index < -0.39 is 9.84 Å². The summed E-state index contributed by atoms with van der Waals surface area (Å²) in [4.78, 5) is 5.24. The highest BCUT2D eigenvalue weighted by atomic mass is 32.2. The number of hydrogen-bond acceptors (Lipinski definition) is 5. The molecule has 1 fully saturated rings. The summed E-state index contributed by atoms with van der Waals surface area (Å²) in [6, 6.07) is 6.86. The zero-order chi connectivity index (χ0) is 14.9. The molecule has 0 saturated heterocycles. The van der Waals surface area contributed by atoms with Gasteiger partial charge in [0.1, 0.15) is 0 Å². The fourth-order valence-electron chi connectivity index (χ4n) is 2.92. The molecule has 4 nitrogen and oxygen atoms in total. The van der Waals surface area contributed by atoms with Gasteiger partial charge in [-0.05, 0) is 37.1 Å². The summed E-state index contributed by atoms with van der Waals surface area (Å²) < 4.78 is 22.9. The molecule has 0 amide bonds. The molecular weight excluding hydrogens is 304 g/mol. The highest BCUT2D eigenvalue weighted by molar-refractivity contribution is 8.14. The van der Waals surface area contributed by atoms with Crippen LogP contribution in [-0.2, 0) is 9.84 Å². The lowest BCUT2D eigenvalue weighted by atomic mass is 9.84. The third-order valence-electron chi connectivity index (χ3n) is 4.13. The fourth-order valence-corrected chi connectivity index (χ4v) is 4.76. The van der Waals surface area contributed by atoms with Crippen LogP contribution in [0.4, 0.5) is 5.69 Å². The van der Waals surface area contributed by atoms with Crippen molar-refractivity contribution in [3.05, 3.63) is 24.3 Å². The molecule has 0 bridgehead atoms. The van der Waals surface area contributed by atoms with E-state index in [9.17, 15) is 8.42 Å². The van der Waals surface area contributed by atoms with Gasteiger partial charge in [-0.15, -0.1) is 0 Å². The van der Waals surface area contributed by atoms with E-state index in [4.69, 9.17) is 4.99 Å². The molecule has 0 unspecified atom stereocenters. The molecule has 1 aromatic carbocycles. The molecule has 0 atom stereocenters. The van der Waals surface area contributed by atoms with E-state index in [1.165, 1.54) is 38.4 Å². The van der Waals surface area contributed by atoms with Crippen LogP contribution < -0.4 is 5.32 Å². The Bertz CT molecular complexity index is 645. The van der Waals surface area contributed by atoms with E-state index in [2.05, 4.69) is 5.32 Å². The summed E-state index contributed by atoms with van der Waals surface area (Å²) >= 11 is 1.77. The second-order valence-electron chi connectivity index (χ2n) is 5.91. The first-order valence-corrected chi connectivity index (χ1v) is 10.1. The van der Waals surface area contributed by atoms with Crippen molar-refractivity contribution in [2.75, 3.05) is 17.3 Å². The molecule has 114 valence electrons. The third kappa shape index (κ3) is 3.43. The van der Waals surface area contributed by atoms with E-state index in [-0.39, 0.29) is 5.54 Å². The molecule has 3 rings (SSSR count). The maximum absolute atomic E-state index is 11.4. The minimum absolute atomic E-state index is 0.151. The normalized spacial score (nSPS) is 21.3. The number of nitrogens with zero attached hydrogens (tertiary/aromatic N) is 1. The summed E-state index contributed by atoms with van der Waals surface area (Å²) in [5.41, 5.74) is 1.04. The number of thioether (sulfide) groups is 1. The Labute approximate surface area is 130 Å². The van der Waals surface area contributed by atoms with E-state index in [1.54, 1.807) is 36.0 Å². The average molecular weight is 324 g/mol. The van der Waals surface area contributed by atoms with Gasteiger partial charge in [-0.2, -0.15) is 0 Å². The minimum Gasteiger partial charge on any atom is -0.335 e. The second kappa shape index (κ2) is 5.65. The van der Waals surface area contributed by atoms with Crippen LogP contribution in [0.1, 0.15) is 32.1 Å². The molecular formula is C15H20N2O2S2. The van der Waals surface area contributed by atoms with Gasteiger partial charge in [0, 0.05) is 17.7 Å². The van der Waals surface area contributed by atoms with Crippen LogP contribution in [0.15, 0.2) is 34.2 Å². The Morgan fingerprint density at radius 2 is 1.81 bits per heavy atom. The van der Waals surface area contributed by atoms with Crippen LogP contribution in [0.3, 0.4) is 0 Å². The number of aliphatic imine (C=N–C) groups is 1. The molecule has 1 aliphatic carbocycles. The predicted octanol–water partition coefficient (Wildman–Crippen LogP) is 3.31. The summed E-state index contributed by atoms with van der Waals surface area (Å²) in [5, 5.41) is 4.27. The Morgan fingerprint density at radius 3 is 2.43 bits per heavy atom. The number of rotatable bonds is 2. The maximum atomic E-state index is 11.4. The van der Waals surface area contributed by atoms with Gasteiger partial charge in [0.15, 0.2) is 15.0 Å². The average Bonchev–Trinajstić information content (AvgIpc) is 2.82. The first-order chi connectivity index (χ1) is 9.97. The number of benzene rings is 1. The molecule has 1 spiro atoms. The van der Waals surface area contributed by atoms with Gasteiger partial charge < -0.3 is 5.32 Å². The zero-order valence-corrected chi connectivity index (χ0v) is 13.8. The molecule has 1 saturated carbocycles. The van der Waals surface area contributed by atoms with E-state index in [0.717, 1.165) is 16.6 Å². The van der Waals surface area contributed by atoms with Crippen LogP contribution in [-0.4, -0.2) is 31.1 Å². The maximum Gasteiger partial charge on any atom is 0.175 e. The highest BCUT2D eigenvalue weighted by Crippen LogP contribution is 2.39. The van der Waals surface area contributed by atoms with Gasteiger partial charge >= 0.3 is 0 Å². The lowest BCUT2D eigenvalue weighted by molar-refractivity contribution is 0.335. The molecule has 0 radical (unpaired) electrons. The SMILES string of the molecule is CS(=O)(=O)c1ccc(NC2=NC3(CCCCC3)CS2)cc1. The Kier molecular flexibility index (Phi) is 4.01. The van der Waals surface area contributed by atoms with Crippen molar-refractivity contribution in [3.8, 4) is 0 Å². The summed E-state index contributed by atoms with van der Waals surface area (Å²) in [5.74, 6) is 1.07. The van der Waals surface area contributed by atoms with Crippen molar-refractivity contribution in [2.45, 2.75) is 42.5 Å². The van der Waals surface area contributed by atoms with Crippen molar-refractivity contribution >= 4 is 32.5 Å². The topological polar surface area (TPSA) is 58.5 Å². The monoisotopic (exact) mass is 324 g/mol. The quantitative estimate of drug-likeness (QED) is 0.907. The number of hydrogen-bond donors (Lipinski definition) is 1. The van der Waals surface area contributed by atoms with Crippen molar-refractivity contribution < 1.29 is 8.42 Å². The van der Waals surface area contributed by atoms with Crippen LogP contribution in [0.25, 0.3) is 0 Å². The first kappa shape index (κ1) is 14.9. The number of sulfone groups is 1. The molecule has 21 heavy (non-hydrogen) atoms. The highest BCUT2D eigenvalue weighted by Gasteiger charge is 2.36. The van der Waals surface area contributed by atoms with Gasteiger partial charge in [0.05, 0.1) is 10.4 Å². The Balaban J connectivity index is 1.71. The van der Waals surface area contributed by atoms with Crippen molar-refractivity contribution in [3.63, 3.8) is 0 Å². The molecule has 1 aromatic rings. The minimum atomic E-state index is -3.13. The number of nitrogens with one attached hydrogen (secondary N) is 1. The summed E-state index contributed by atoms with van der Waals surface area (Å²) in [6.07, 6.45) is 7.49. The van der Waals surface area contributed by atoms with Crippen LogP contribution in [0.2, 0.25) is 0 Å². The van der Waals surface area contributed by atoms with E-state index >= 15 is 0 Å². The third-order valence-corrected chi connectivity index (χ3v) is 6.41. The Morgan fingerprint density at radius 1 is 1.14 bits per heavy atom. The molecule has 1 aliphatic heterocycles. The first-order valence-electron chi connectivity index (χ1n) is 7.27. The van der Waals surface area contributed by atoms with Crippen molar-refractivity contribution in [2.24, 2.45) is 4.99 Å². The molecule has 2 aliphatic rings. The van der Waals surface area contributed by atoms with Gasteiger partial charge in [-0.1, -0.05) is 31.0 Å². The van der Waals surface area contributed by atoms with Crippen molar-refractivity contribution in [1.29, 1.82) is 0 Å². The van der Waals surface area contributed by atoms with Crippen LogP contribution in [0, 0.1) is 0 Å². The fraction of sp³-hybridized carbons (Fsp3) is 0.533. The lowest BCUT2D eigenvalue weighted by Crippen LogP contribution is -2.29. The number of amidine groups is 1. The van der Waals surface area contributed by atoms with Crippen LogP contribution >= 0.6 is 11.8 Å². The van der Waals surface area contributed by atoms with Gasteiger partial charge in [0.25, 0.3) is 0 Å². The zero-order valence-electron chi connectivity index (χ0n) is 12.1. The molecule has 0 aromatic heterocycles. The van der Waals surface area contributed by atoms with E-state index in [0.29, 0.717) is 4.90 Å². The second-order valence-corrected chi connectivity index (χ2v) is 8.89. The van der Waals surface area contributed by atoms with Crippen molar-refractivity contribution in [1.82, 2.24) is 0 Å². The standard InChI is InChI=1S/C15H20N2O2S2/c1-21(18,19)13-7-5-12(6-8-13)16-14-17-15(11-20-14)9-3-2-4-10-15/h5-8H,2-4,9-11H2,1H3,(H,16,17). The van der Waals surface area contributed by atoms with Gasteiger partial charge in [0.2, 0.25) is 0 Å². The van der Waals surface area contributed by atoms with E-state index in [1.807, 2.05) is 0 Å². The molecule has 1 N–H and O–H groups in total. The lowest BCUT2D eigenvalue weighted by Gasteiger charge is -2.29. The van der Waals surface area contributed by atoms with Gasteiger partial charge in [-0.3, -0.25) is 4.99 Å². The van der Waals surface area contributed by atoms with Crippen LogP contribution in [0.5, 0.6) is 0 Å². The summed E-state index contributed by atoms with van der Waals surface area (Å²) in [6.45, 7) is 0. The number of anilines is 1. The smallest absolute Gasteiger partial charge is 0.175 e. The molecule has 6 heteroatoms. The summed E-state index contributed by atoms with van der Waals surface area (Å²) in [7, 11) is -3.13. The largest absolute Gasteiger partial charge is 0.335 e.